The number of likely N-dealkylation sites (tertiary alicyclic amines) is 1. The van der Waals surface area contributed by atoms with Gasteiger partial charge in [0.15, 0.2) is 0 Å². The summed E-state index contributed by atoms with van der Waals surface area (Å²) in [6.07, 6.45) is 0.237. The Morgan fingerprint density at radius 3 is 2.74 bits per heavy atom. The molecular formula is C16H18N4O2S. The van der Waals surface area contributed by atoms with Crippen LogP contribution >= 0.6 is 11.3 Å². The number of aromatic nitrogens is 2. The molecule has 1 fully saturated rings. The molecule has 1 aliphatic heterocycles. The summed E-state index contributed by atoms with van der Waals surface area (Å²) in [6.45, 7) is 4.25. The highest BCUT2D eigenvalue weighted by molar-refractivity contribution is 7.15. The third-order valence-corrected chi connectivity index (χ3v) is 4.79. The van der Waals surface area contributed by atoms with Crippen LogP contribution < -0.4 is 5.32 Å². The average molecular weight is 330 g/mol. The van der Waals surface area contributed by atoms with E-state index in [0.717, 1.165) is 10.6 Å². The largest absolute Gasteiger partial charge is 0.335 e. The Kier molecular flexibility index (Phi) is 4.38. The van der Waals surface area contributed by atoms with Crippen LogP contribution in [0, 0.1) is 12.8 Å². The minimum atomic E-state index is -0.349. The van der Waals surface area contributed by atoms with Gasteiger partial charge in [-0.1, -0.05) is 41.7 Å². The first-order valence-corrected chi connectivity index (χ1v) is 8.31. The molecule has 120 valence electrons. The molecule has 0 bridgehead atoms. The van der Waals surface area contributed by atoms with E-state index in [0.29, 0.717) is 11.7 Å². The lowest BCUT2D eigenvalue weighted by Crippen LogP contribution is -2.30. The molecule has 0 aliphatic carbocycles. The van der Waals surface area contributed by atoms with Crippen molar-refractivity contribution in [1.82, 2.24) is 15.1 Å². The second-order valence-corrected chi connectivity index (χ2v) is 6.83. The Bertz CT molecular complexity index is 716. The molecular weight excluding hydrogens is 312 g/mol. The monoisotopic (exact) mass is 330 g/mol. The summed E-state index contributed by atoms with van der Waals surface area (Å²) in [4.78, 5) is 26.4. The van der Waals surface area contributed by atoms with E-state index in [1.165, 1.54) is 11.3 Å². The summed E-state index contributed by atoms with van der Waals surface area (Å²) in [5.74, 6) is -0.509. The van der Waals surface area contributed by atoms with Crippen molar-refractivity contribution in [3.05, 3.63) is 40.9 Å². The molecule has 1 N–H and O–H groups in total. The Morgan fingerprint density at radius 1 is 1.35 bits per heavy atom. The fourth-order valence-corrected chi connectivity index (χ4v) is 3.34. The van der Waals surface area contributed by atoms with Crippen molar-refractivity contribution in [2.45, 2.75) is 26.3 Å². The smallest absolute Gasteiger partial charge is 0.231 e. The SMILES string of the molecule is Cc1nnc(NC(=O)[C@@H]2CC(=O)N([C@@H](C)c3ccccc3)C2)s1. The van der Waals surface area contributed by atoms with Crippen LogP contribution in [0.15, 0.2) is 30.3 Å². The molecule has 2 atom stereocenters. The van der Waals surface area contributed by atoms with Crippen molar-refractivity contribution < 1.29 is 9.59 Å². The van der Waals surface area contributed by atoms with Gasteiger partial charge in [-0.15, -0.1) is 10.2 Å². The molecule has 1 aromatic carbocycles. The first kappa shape index (κ1) is 15.6. The fourth-order valence-electron chi connectivity index (χ4n) is 2.75. The minimum absolute atomic E-state index is 0.00921. The van der Waals surface area contributed by atoms with Crippen molar-refractivity contribution >= 4 is 28.3 Å². The number of nitrogens with one attached hydrogen (secondary N) is 1. The van der Waals surface area contributed by atoms with Gasteiger partial charge in [-0.3, -0.25) is 9.59 Å². The molecule has 1 saturated heterocycles. The van der Waals surface area contributed by atoms with E-state index < -0.39 is 0 Å². The fraction of sp³-hybridized carbons (Fsp3) is 0.375. The highest BCUT2D eigenvalue weighted by Gasteiger charge is 2.37. The van der Waals surface area contributed by atoms with Crippen LogP contribution in [0.5, 0.6) is 0 Å². The standard InChI is InChI=1S/C16H18N4O2S/c1-10(12-6-4-3-5-7-12)20-9-13(8-14(20)21)15(22)17-16-19-18-11(2)23-16/h3-7,10,13H,8-9H2,1-2H3,(H,17,19,22)/t10-,13+/m0/s1. The lowest BCUT2D eigenvalue weighted by atomic mass is 10.1. The first-order valence-electron chi connectivity index (χ1n) is 7.50. The summed E-state index contributed by atoms with van der Waals surface area (Å²) >= 11 is 1.33. The molecule has 0 spiro atoms. The van der Waals surface area contributed by atoms with Gasteiger partial charge in [-0.05, 0) is 19.4 Å². The molecule has 7 heteroatoms. The van der Waals surface area contributed by atoms with Gasteiger partial charge >= 0.3 is 0 Å². The summed E-state index contributed by atoms with van der Waals surface area (Å²) in [5, 5.41) is 11.8. The zero-order valence-electron chi connectivity index (χ0n) is 13.0. The van der Waals surface area contributed by atoms with E-state index in [1.54, 1.807) is 4.90 Å². The Balaban J connectivity index is 1.66. The van der Waals surface area contributed by atoms with Crippen LogP contribution in [0.1, 0.15) is 30.0 Å². The zero-order valence-corrected chi connectivity index (χ0v) is 13.8. The molecule has 0 radical (unpaired) electrons. The van der Waals surface area contributed by atoms with Crippen molar-refractivity contribution in [3.63, 3.8) is 0 Å². The molecule has 2 heterocycles. The minimum Gasteiger partial charge on any atom is -0.335 e. The highest BCUT2D eigenvalue weighted by atomic mass is 32.1. The number of anilines is 1. The summed E-state index contributed by atoms with van der Waals surface area (Å²) in [6, 6.07) is 9.81. The maximum atomic E-state index is 12.3. The molecule has 1 aromatic heterocycles. The van der Waals surface area contributed by atoms with Crippen molar-refractivity contribution in [2.75, 3.05) is 11.9 Å². The van der Waals surface area contributed by atoms with Crippen molar-refractivity contribution in [3.8, 4) is 0 Å². The van der Waals surface area contributed by atoms with Crippen LogP contribution in [-0.4, -0.2) is 33.5 Å². The zero-order chi connectivity index (χ0) is 16.4. The quantitative estimate of drug-likeness (QED) is 0.934. The molecule has 3 rings (SSSR count). The number of nitrogens with zero attached hydrogens (tertiary/aromatic N) is 3. The van der Waals surface area contributed by atoms with E-state index in [9.17, 15) is 9.59 Å². The van der Waals surface area contributed by atoms with Gasteiger partial charge in [0.1, 0.15) is 5.01 Å². The Morgan fingerprint density at radius 2 is 2.09 bits per heavy atom. The molecule has 1 aliphatic rings. The number of hydrogen-bond donors (Lipinski definition) is 1. The van der Waals surface area contributed by atoms with E-state index in [2.05, 4.69) is 15.5 Å². The lowest BCUT2D eigenvalue weighted by Gasteiger charge is -2.25. The third kappa shape index (κ3) is 3.39. The number of carbonyl (C=O) groups is 2. The number of benzene rings is 1. The topological polar surface area (TPSA) is 75.2 Å². The number of rotatable bonds is 4. The van der Waals surface area contributed by atoms with Crippen molar-refractivity contribution in [1.29, 1.82) is 0 Å². The van der Waals surface area contributed by atoms with Crippen molar-refractivity contribution in [2.24, 2.45) is 5.92 Å². The summed E-state index contributed by atoms with van der Waals surface area (Å²) in [5.41, 5.74) is 1.07. The van der Waals surface area contributed by atoms with Gasteiger partial charge in [0.25, 0.3) is 0 Å². The van der Waals surface area contributed by atoms with Crippen LogP contribution in [0.2, 0.25) is 0 Å². The lowest BCUT2D eigenvalue weighted by molar-refractivity contribution is -0.129. The summed E-state index contributed by atoms with van der Waals surface area (Å²) < 4.78 is 0. The van der Waals surface area contributed by atoms with Gasteiger partial charge in [-0.25, -0.2) is 0 Å². The Hall–Kier alpha value is -2.28. The number of amides is 2. The van der Waals surface area contributed by atoms with Crippen LogP contribution in [-0.2, 0) is 9.59 Å². The predicted molar refractivity (Wildman–Crippen MR) is 88.0 cm³/mol. The number of aryl methyl sites for hydroxylation is 1. The van der Waals surface area contributed by atoms with E-state index >= 15 is 0 Å². The highest BCUT2D eigenvalue weighted by Crippen LogP contribution is 2.29. The Labute approximate surface area is 138 Å². The molecule has 0 unspecified atom stereocenters. The number of hydrogen-bond acceptors (Lipinski definition) is 5. The van der Waals surface area contributed by atoms with Gasteiger partial charge < -0.3 is 10.2 Å². The molecule has 0 saturated carbocycles. The van der Waals surface area contributed by atoms with Gasteiger partial charge in [0, 0.05) is 13.0 Å². The predicted octanol–water partition coefficient (Wildman–Crippen LogP) is 2.39. The normalized spacial score (nSPS) is 19.0. The van der Waals surface area contributed by atoms with Gasteiger partial charge in [-0.2, -0.15) is 0 Å². The maximum Gasteiger partial charge on any atom is 0.231 e. The second kappa shape index (κ2) is 6.45. The third-order valence-electron chi connectivity index (χ3n) is 4.03. The second-order valence-electron chi connectivity index (χ2n) is 5.65. The van der Waals surface area contributed by atoms with Crippen LogP contribution in [0.3, 0.4) is 0 Å². The molecule has 2 aromatic rings. The van der Waals surface area contributed by atoms with Gasteiger partial charge in [0.05, 0.1) is 12.0 Å². The average Bonchev–Trinajstić information content (AvgIpc) is 3.13. The van der Waals surface area contributed by atoms with Crippen LogP contribution in [0.4, 0.5) is 5.13 Å². The number of carbonyl (C=O) groups excluding carboxylic acids is 2. The maximum absolute atomic E-state index is 12.3. The molecule has 6 nitrogen and oxygen atoms in total. The molecule has 2 amide bonds. The first-order chi connectivity index (χ1) is 11.0. The van der Waals surface area contributed by atoms with Crippen LogP contribution in [0.25, 0.3) is 0 Å². The van der Waals surface area contributed by atoms with E-state index in [1.807, 2.05) is 44.2 Å². The molecule has 23 heavy (non-hydrogen) atoms. The van der Waals surface area contributed by atoms with E-state index in [-0.39, 0.29) is 30.2 Å². The summed E-state index contributed by atoms with van der Waals surface area (Å²) in [7, 11) is 0. The van der Waals surface area contributed by atoms with Gasteiger partial charge in [0.2, 0.25) is 16.9 Å². The van der Waals surface area contributed by atoms with E-state index in [4.69, 9.17) is 0 Å².